The van der Waals surface area contributed by atoms with Gasteiger partial charge >= 0.3 is 0 Å². The summed E-state index contributed by atoms with van der Waals surface area (Å²) < 4.78 is 0. The Kier molecular flexibility index (Phi) is 3.89. The van der Waals surface area contributed by atoms with E-state index in [4.69, 9.17) is 5.11 Å². The van der Waals surface area contributed by atoms with Gasteiger partial charge in [-0.25, -0.2) is 0 Å². The predicted octanol–water partition coefficient (Wildman–Crippen LogP) is 0.0361. The number of rotatable bonds is 4. The van der Waals surface area contributed by atoms with Gasteiger partial charge in [0.15, 0.2) is 0 Å². The molecule has 0 aromatic heterocycles. The SMILES string of the molecule is CC(O)(CO)CNC(=O)C1CCCC1. The van der Waals surface area contributed by atoms with Gasteiger partial charge in [0.25, 0.3) is 0 Å². The lowest BCUT2D eigenvalue weighted by molar-refractivity contribution is -0.126. The Balaban J connectivity index is 2.27. The fourth-order valence-electron chi connectivity index (χ4n) is 1.67. The van der Waals surface area contributed by atoms with Crippen LogP contribution in [0.3, 0.4) is 0 Å². The van der Waals surface area contributed by atoms with Crippen LogP contribution in [0, 0.1) is 5.92 Å². The van der Waals surface area contributed by atoms with Crippen LogP contribution in [0.15, 0.2) is 0 Å². The summed E-state index contributed by atoms with van der Waals surface area (Å²) in [5, 5.41) is 20.9. The van der Waals surface area contributed by atoms with Crippen molar-refractivity contribution in [2.75, 3.05) is 13.2 Å². The van der Waals surface area contributed by atoms with E-state index in [0.29, 0.717) is 0 Å². The van der Waals surface area contributed by atoms with Crippen molar-refractivity contribution in [2.45, 2.75) is 38.2 Å². The summed E-state index contributed by atoms with van der Waals surface area (Å²) in [6.07, 6.45) is 4.14. The lowest BCUT2D eigenvalue weighted by atomic mass is 10.1. The average Bonchev–Trinajstić information content (AvgIpc) is 2.67. The quantitative estimate of drug-likeness (QED) is 0.601. The molecule has 14 heavy (non-hydrogen) atoms. The standard InChI is InChI=1S/C10H19NO3/c1-10(14,7-12)6-11-9(13)8-4-2-3-5-8/h8,12,14H,2-7H2,1H3,(H,11,13). The van der Waals surface area contributed by atoms with Crippen LogP contribution >= 0.6 is 0 Å². The summed E-state index contributed by atoms with van der Waals surface area (Å²) in [6.45, 7) is 1.29. The van der Waals surface area contributed by atoms with Gasteiger partial charge in [-0.15, -0.1) is 0 Å². The normalized spacial score (nSPS) is 21.9. The molecular weight excluding hydrogens is 182 g/mol. The van der Waals surface area contributed by atoms with E-state index in [1.165, 1.54) is 6.92 Å². The second kappa shape index (κ2) is 4.75. The highest BCUT2D eigenvalue weighted by atomic mass is 16.3. The highest BCUT2D eigenvalue weighted by Crippen LogP contribution is 2.24. The number of aliphatic hydroxyl groups excluding tert-OH is 1. The topological polar surface area (TPSA) is 69.6 Å². The highest BCUT2D eigenvalue weighted by Gasteiger charge is 2.25. The molecule has 1 saturated carbocycles. The van der Waals surface area contributed by atoms with Crippen LogP contribution in [0.5, 0.6) is 0 Å². The molecule has 82 valence electrons. The van der Waals surface area contributed by atoms with Crippen molar-refractivity contribution < 1.29 is 15.0 Å². The summed E-state index contributed by atoms with van der Waals surface area (Å²) in [5.41, 5.74) is -1.20. The van der Waals surface area contributed by atoms with Gasteiger partial charge in [-0.1, -0.05) is 12.8 Å². The van der Waals surface area contributed by atoms with E-state index in [1.807, 2.05) is 0 Å². The molecule has 1 fully saturated rings. The number of nitrogens with one attached hydrogen (secondary N) is 1. The van der Waals surface area contributed by atoms with Crippen LogP contribution in [0.1, 0.15) is 32.6 Å². The van der Waals surface area contributed by atoms with Crippen LogP contribution in [0.2, 0.25) is 0 Å². The Bertz CT molecular complexity index is 198. The molecule has 0 aromatic rings. The monoisotopic (exact) mass is 201 g/mol. The van der Waals surface area contributed by atoms with Crippen LogP contribution in [0.25, 0.3) is 0 Å². The largest absolute Gasteiger partial charge is 0.393 e. The van der Waals surface area contributed by atoms with E-state index in [-0.39, 0.29) is 25.0 Å². The van der Waals surface area contributed by atoms with E-state index >= 15 is 0 Å². The van der Waals surface area contributed by atoms with Gasteiger partial charge in [0, 0.05) is 12.5 Å². The molecule has 0 bridgehead atoms. The minimum absolute atomic E-state index is 0.0104. The molecule has 0 heterocycles. The van der Waals surface area contributed by atoms with Gasteiger partial charge < -0.3 is 15.5 Å². The molecular formula is C10H19NO3. The zero-order valence-electron chi connectivity index (χ0n) is 8.62. The molecule has 4 nitrogen and oxygen atoms in total. The molecule has 0 spiro atoms. The molecule has 1 aliphatic rings. The van der Waals surface area contributed by atoms with E-state index in [2.05, 4.69) is 5.32 Å². The maximum Gasteiger partial charge on any atom is 0.223 e. The molecule has 1 rings (SSSR count). The Morgan fingerprint density at radius 3 is 2.57 bits per heavy atom. The second-order valence-corrected chi connectivity index (χ2v) is 4.35. The maximum atomic E-state index is 11.5. The molecule has 0 aliphatic heterocycles. The summed E-state index contributed by atoms with van der Waals surface area (Å²) in [5.74, 6) is 0.126. The fraction of sp³-hybridized carbons (Fsp3) is 0.900. The predicted molar refractivity (Wildman–Crippen MR) is 52.7 cm³/mol. The van der Waals surface area contributed by atoms with Crippen molar-refractivity contribution in [1.82, 2.24) is 5.32 Å². The van der Waals surface area contributed by atoms with Gasteiger partial charge in [-0.3, -0.25) is 4.79 Å². The molecule has 3 N–H and O–H groups in total. The highest BCUT2D eigenvalue weighted by molar-refractivity contribution is 5.78. The number of hydrogen-bond donors (Lipinski definition) is 3. The second-order valence-electron chi connectivity index (χ2n) is 4.35. The van der Waals surface area contributed by atoms with Crippen molar-refractivity contribution >= 4 is 5.91 Å². The van der Waals surface area contributed by atoms with E-state index in [0.717, 1.165) is 25.7 Å². The maximum absolute atomic E-state index is 11.5. The van der Waals surface area contributed by atoms with Gasteiger partial charge in [0.05, 0.1) is 6.61 Å². The first kappa shape index (κ1) is 11.5. The van der Waals surface area contributed by atoms with E-state index < -0.39 is 5.60 Å². The molecule has 1 unspecified atom stereocenters. The number of amides is 1. The molecule has 0 saturated heterocycles. The molecule has 1 aliphatic carbocycles. The molecule has 0 aromatic carbocycles. The zero-order valence-corrected chi connectivity index (χ0v) is 8.62. The van der Waals surface area contributed by atoms with Gasteiger partial charge in [-0.05, 0) is 19.8 Å². The fourth-order valence-corrected chi connectivity index (χ4v) is 1.67. The van der Waals surface area contributed by atoms with Gasteiger partial charge in [0.2, 0.25) is 5.91 Å². The third kappa shape index (κ3) is 3.27. The Labute approximate surface area is 84.3 Å². The van der Waals surface area contributed by atoms with Gasteiger partial charge in [-0.2, -0.15) is 0 Å². The van der Waals surface area contributed by atoms with Crippen molar-refractivity contribution in [2.24, 2.45) is 5.92 Å². The zero-order chi connectivity index (χ0) is 10.6. The lowest BCUT2D eigenvalue weighted by Crippen LogP contribution is -2.44. The van der Waals surface area contributed by atoms with Crippen molar-refractivity contribution in [3.63, 3.8) is 0 Å². The summed E-state index contributed by atoms with van der Waals surface area (Å²) in [6, 6.07) is 0. The first-order valence-electron chi connectivity index (χ1n) is 5.16. The minimum Gasteiger partial charge on any atom is -0.393 e. The molecule has 4 heteroatoms. The summed E-state index contributed by atoms with van der Waals surface area (Å²) >= 11 is 0. The van der Waals surface area contributed by atoms with Crippen LogP contribution in [0.4, 0.5) is 0 Å². The number of aliphatic hydroxyl groups is 2. The first-order chi connectivity index (χ1) is 6.55. The summed E-state index contributed by atoms with van der Waals surface area (Å²) in [7, 11) is 0. The van der Waals surface area contributed by atoms with E-state index in [9.17, 15) is 9.90 Å². The van der Waals surface area contributed by atoms with Gasteiger partial charge in [0.1, 0.15) is 5.60 Å². The number of carbonyl (C=O) groups excluding carboxylic acids is 1. The lowest BCUT2D eigenvalue weighted by Gasteiger charge is -2.21. The molecule has 1 atom stereocenters. The van der Waals surface area contributed by atoms with Crippen LogP contribution in [-0.4, -0.2) is 34.9 Å². The smallest absolute Gasteiger partial charge is 0.223 e. The first-order valence-corrected chi connectivity index (χ1v) is 5.16. The van der Waals surface area contributed by atoms with Crippen LogP contribution in [-0.2, 0) is 4.79 Å². The molecule has 0 radical (unpaired) electrons. The van der Waals surface area contributed by atoms with Crippen molar-refractivity contribution in [3.8, 4) is 0 Å². The van der Waals surface area contributed by atoms with Crippen molar-refractivity contribution in [3.05, 3.63) is 0 Å². The third-order valence-electron chi connectivity index (χ3n) is 2.71. The third-order valence-corrected chi connectivity index (χ3v) is 2.71. The molecule has 1 amide bonds. The minimum atomic E-state index is -1.20. The van der Waals surface area contributed by atoms with E-state index in [1.54, 1.807) is 0 Å². The van der Waals surface area contributed by atoms with Crippen molar-refractivity contribution in [1.29, 1.82) is 0 Å². The summed E-state index contributed by atoms with van der Waals surface area (Å²) in [4.78, 5) is 11.5. The average molecular weight is 201 g/mol. The Morgan fingerprint density at radius 2 is 2.07 bits per heavy atom. The number of carbonyl (C=O) groups is 1. The Morgan fingerprint density at radius 1 is 1.50 bits per heavy atom. The number of hydrogen-bond acceptors (Lipinski definition) is 3. The van der Waals surface area contributed by atoms with Crippen LogP contribution < -0.4 is 5.32 Å². The Hall–Kier alpha value is -0.610.